The average Bonchev–Trinajstić information content (AvgIpc) is 3.41. The number of hydrogen-bond acceptors (Lipinski definition) is 7. The van der Waals surface area contributed by atoms with Crippen LogP contribution in [0.25, 0.3) is 16.3 Å². The van der Waals surface area contributed by atoms with Crippen LogP contribution in [-0.2, 0) is 16.0 Å². The lowest BCUT2D eigenvalue weighted by Crippen LogP contribution is -2.36. The van der Waals surface area contributed by atoms with Gasteiger partial charge in [-0.25, -0.2) is 8.91 Å². The van der Waals surface area contributed by atoms with Crippen LogP contribution in [0, 0.1) is 5.82 Å². The van der Waals surface area contributed by atoms with E-state index in [1.165, 1.54) is 37.7 Å². The molecule has 2 N–H and O–H groups in total. The van der Waals surface area contributed by atoms with Gasteiger partial charge in [0.25, 0.3) is 0 Å². The summed E-state index contributed by atoms with van der Waals surface area (Å²) in [6.07, 6.45) is 0.446. The summed E-state index contributed by atoms with van der Waals surface area (Å²) in [7, 11) is 2.99. The SMILES string of the molecule is COc1ccc(NC(=O)C(=O)NCCc2csc3nc(-c4ccc(F)cc4)nn23)cc1OC. The van der Waals surface area contributed by atoms with Crippen molar-refractivity contribution < 1.29 is 23.5 Å². The van der Waals surface area contributed by atoms with Crippen LogP contribution >= 0.6 is 11.3 Å². The lowest BCUT2D eigenvalue weighted by atomic mass is 10.2. The zero-order chi connectivity index (χ0) is 23.4. The fourth-order valence-corrected chi connectivity index (χ4v) is 3.96. The molecule has 170 valence electrons. The van der Waals surface area contributed by atoms with Crippen LogP contribution < -0.4 is 20.1 Å². The van der Waals surface area contributed by atoms with E-state index < -0.39 is 11.8 Å². The van der Waals surface area contributed by atoms with Gasteiger partial charge in [-0.3, -0.25) is 9.59 Å². The van der Waals surface area contributed by atoms with E-state index in [1.807, 2.05) is 5.38 Å². The molecule has 0 spiro atoms. The highest BCUT2D eigenvalue weighted by Gasteiger charge is 2.16. The van der Waals surface area contributed by atoms with Crippen molar-refractivity contribution in [3.05, 3.63) is 59.4 Å². The van der Waals surface area contributed by atoms with Gasteiger partial charge in [-0.05, 0) is 36.4 Å². The molecule has 2 amide bonds. The van der Waals surface area contributed by atoms with E-state index in [2.05, 4.69) is 20.7 Å². The van der Waals surface area contributed by atoms with Gasteiger partial charge in [0.2, 0.25) is 4.96 Å². The predicted molar refractivity (Wildman–Crippen MR) is 121 cm³/mol. The number of benzene rings is 2. The third-order valence-electron chi connectivity index (χ3n) is 4.77. The van der Waals surface area contributed by atoms with Crippen molar-refractivity contribution in [2.24, 2.45) is 0 Å². The fraction of sp³-hybridized carbons (Fsp3) is 0.182. The van der Waals surface area contributed by atoms with Crippen LogP contribution in [0.3, 0.4) is 0 Å². The number of methoxy groups -OCH3 is 2. The predicted octanol–water partition coefficient (Wildman–Crippen LogP) is 2.91. The molecule has 9 nitrogen and oxygen atoms in total. The molecular formula is C22H20FN5O4S. The molecule has 0 saturated heterocycles. The van der Waals surface area contributed by atoms with Gasteiger partial charge in [0.15, 0.2) is 17.3 Å². The molecule has 0 aliphatic heterocycles. The second-order valence-electron chi connectivity index (χ2n) is 6.89. The number of carbonyl (C=O) groups excluding carboxylic acids is 2. The number of nitrogens with zero attached hydrogens (tertiary/aromatic N) is 3. The Morgan fingerprint density at radius 1 is 1.06 bits per heavy atom. The number of hydrogen-bond donors (Lipinski definition) is 2. The Labute approximate surface area is 192 Å². The number of fused-ring (bicyclic) bond motifs is 1. The normalized spacial score (nSPS) is 10.8. The zero-order valence-corrected chi connectivity index (χ0v) is 18.6. The summed E-state index contributed by atoms with van der Waals surface area (Å²) < 4.78 is 25.2. The molecule has 11 heteroatoms. The van der Waals surface area contributed by atoms with Crippen molar-refractivity contribution in [3.8, 4) is 22.9 Å². The number of halogens is 1. The van der Waals surface area contributed by atoms with Crippen LogP contribution in [-0.4, -0.2) is 47.2 Å². The van der Waals surface area contributed by atoms with Gasteiger partial charge in [0.1, 0.15) is 5.82 Å². The standard InChI is InChI=1S/C22H20FN5O4S/c1-31-17-8-7-15(11-18(17)32-2)25-21(30)20(29)24-10-9-16-12-33-22-26-19(27-28(16)22)13-3-5-14(23)6-4-13/h3-8,11-12H,9-10H2,1-2H3,(H,24,29)(H,25,30). The second kappa shape index (κ2) is 9.65. The van der Waals surface area contributed by atoms with Crippen molar-refractivity contribution in [1.29, 1.82) is 0 Å². The number of thiazole rings is 1. The maximum atomic E-state index is 13.1. The van der Waals surface area contributed by atoms with Gasteiger partial charge >= 0.3 is 11.8 Å². The van der Waals surface area contributed by atoms with Crippen molar-refractivity contribution >= 4 is 33.8 Å². The van der Waals surface area contributed by atoms with Gasteiger partial charge in [0, 0.05) is 35.7 Å². The fourth-order valence-electron chi connectivity index (χ4n) is 3.10. The van der Waals surface area contributed by atoms with Crippen molar-refractivity contribution in [2.45, 2.75) is 6.42 Å². The largest absolute Gasteiger partial charge is 0.493 e. The molecule has 2 heterocycles. The van der Waals surface area contributed by atoms with Crippen molar-refractivity contribution in [3.63, 3.8) is 0 Å². The van der Waals surface area contributed by atoms with Gasteiger partial charge in [-0.15, -0.1) is 16.4 Å². The first kappa shape index (κ1) is 22.2. The summed E-state index contributed by atoms with van der Waals surface area (Å²) in [6, 6.07) is 10.7. The summed E-state index contributed by atoms with van der Waals surface area (Å²) in [5, 5.41) is 11.5. The Hall–Kier alpha value is -3.99. The number of amides is 2. The molecule has 0 bridgehead atoms. The maximum Gasteiger partial charge on any atom is 0.313 e. The molecule has 0 unspecified atom stereocenters. The molecule has 4 aromatic rings. The monoisotopic (exact) mass is 469 g/mol. The molecule has 0 aliphatic rings. The Morgan fingerprint density at radius 2 is 1.82 bits per heavy atom. The van der Waals surface area contributed by atoms with Gasteiger partial charge in [-0.2, -0.15) is 4.98 Å². The van der Waals surface area contributed by atoms with Crippen LogP contribution in [0.1, 0.15) is 5.69 Å². The molecule has 4 rings (SSSR count). The quantitative estimate of drug-likeness (QED) is 0.403. The van der Waals surface area contributed by atoms with Gasteiger partial charge in [-0.1, -0.05) is 0 Å². The summed E-state index contributed by atoms with van der Waals surface area (Å²) in [5.74, 6) is -0.450. The van der Waals surface area contributed by atoms with E-state index >= 15 is 0 Å². The third kappa shape index (κ3) is 4.93. The summed E-state index contributed by atoms with van der Waals surface area (Å²) in [5.41, 5.74) is 1.94. The van der Waals surface area contributed by atoms with E-state index in [0.717, 1.165) is 5.69 Å². The number of rotatable bonds is 7. The topological polar surface area (TPSA) is 107 Å². The molecule has 0 radical (unpaired) electrons. The molecule has 0 fully saturated rings. The first-order valence-corrected chi connectivity index (χ1v) is 10.8. The van der Waals surface area contributed by atoms with Crippen molar-refractivity contribution in [1.82, 2.24) is 19.9 Å². The minimum atomic E-state index is -0.794. The lowest BCUT2D eigenvalue weighted by Gasteiger charge is -2.10. The van der Waals surface area contributed by atoms with Crippen LogP contribution in [0.2, 0.25) is 0 Å². The number of carbonyl (C=O) groups is 2. The van der Waals surface area contributed by atoms with E-state index in [4.69, 9.17) is 9.47 Å². The zero-order valence-electron chi connectivity index (χ0n) is 17.8. The Balaban J connectivity index is 1.34. The van der Waals surface area contributed by atoms with E-state index in [-0.39, 0.29) is 12.4 Å². The minimum Gasteiger partial charge on any atom is -0.493 e. The number of nitrogens with one attached hydrogen (secondary N) is 2. The van der Waals surface area contributed by atoms with Crippen LogP contribution in [0.4, 0.5) is 10.1 Å². The molecule has 0 aliphatic carbocycles. The molecule has 2 aromatic carbocycles. The first-order chi connectivity index (χ1) is 16.0. The summed E-state index contributed by atoms with van der Waals surface area (Å²) in [4.78, 5) is 29.5. The second-order valence-corrected chi connectivity index (χ2v) is 7.73. The van der Waals surface area contributed by atoms with Gasteiger partial charge in [0.05, 0.1) is 19.9 Å². The minimum absolute atomic E-state index is 0.232. The molecular weight excluding hydrogens is 449 g/mol. The molecule has 2 aromatic heterocycles. The third-order valence-corrected chi connectivity index (χ3v) is 5.63. The summed E-state index contributed by atoms with van der Waals surface area (Å²) >= 11 is 1.41. The molecule has 33 heavy (non-hydrogen) atoms. The highest BCUT2D eigenvalue weighted by molar-refractivity contribution is 7.15. The number of anilines is 1. The maximum absolute atomic E-state index is 13.1. The Kier molecular flexibility index (Phi) is 6.50. The molecule has 0 atom stereocenters. The number of aromatic nitrogens is 3. The average molecular weight is 469 g/mol. The highest BCUT2D eigenvalue weighted by atomic mass is 32.1. The van der Waals surface area contributed by atoms with E-state index in [9.17, 15) is 14.0 Å². The Bertz CT molecular complexity index is 1300. The van der Waals surface area contributed by atoms with Crippen molar-refractivity contribution in [2.75, 3.05) is 26.1 Å². The first-order valence-electron chi connectivity index (χ1n) is 9.89. The van der Waals surface area contributed by atoms with Gasteiger partial charge < -0.3 is 20.1 Å². The van der Waals surface area contributed by atoms with E-state index in [0.29, 0.717) is 40.0 Å². The highest BCUT2D eigenvalue weighted by Crippen LogP contribution is 2.29. The number of ether oxygens (including phenoxy) is 2. The van der Waals surface area contributed by atoms with Crippen LogP contribution in [0.15, 0.2) is 47.8 Å². The molecule has 0 saturated carbocycles. The lowest BCUT2D eigenvalue weighted by molar-refractivity contribution is -0.136. The summed E-state index contributed by atoms with van der Waals surface area (Å²) in [6.45, 7) is 0.232. The van der Waals surface area contributed by atoms with E-state index in [1.54, 1.807) is 34.8 Å². The smallest absolute Gasteiger partial charge is 0.313 e. The van der Waals surface area contributed by atoms with Crippen LogP contribution in [0.5, 0.6) is 11.5 Å². The Morgan fingerprint density at radius 3 is 2.55 bits per heavy atom.